The van der Waals surface area contributed by atoms with Crippen molar-refractivity contribution in [3.63, 3.8) is 0 Å². The molecule has 0 aliphatic heterocycles. The first kappa shape index (κ1) is 42.4. The second-order valence-corrected chi connectivity index (χ2v) is 9.00. The van der Waals surface area contributed by atoms with Crippen LogP contribution >= 0.6 is 0 Å². The Labute approximate surface area is 239 Å². The minimum absolute atomic E-state index is 0.319. The third-order valence-electron chi connectivity index (χ3n) is 4.65. The van der Waals surface area contributed by atoms with Gasteiger partial charge in [0, 0.05) is 6.61 Å². The Morgan fingerprint density at radius 3 is 1.50 bits per heavy atom. The lowest BCUT2D eigenvalue weighted by molar-refractivity contribution is 0.295. The van der Waals surface area contributed by atoms with E-state index in [1.54, 1.807) is 0 Å². The van der Waals surface area contributed by atoms with Gasteiger partial charge in [0.1, 0.15) is 0 Å². The lowest BCUT2D eigenvalue weighted by Crippen LogP contribution is -1.84. The van der Waals surface area contributed by atoms with Crippen molar-refractivity contribution >= 4 is 5.57 Å². The van der Waals surface area contributed by atoms with Crippen LogP contribution in [0.3, 0.4) is 0 Å². The molecule has 2 aromatic rings. The molecule has 2 rings (SSSR count). The third-order valence-corrected chi connectivity index (χ3v) is 4.65. The topological polar surface area (TPSA) is 20.2 Å². The minimum Gasteiger partial charge on any atom is -0.396 e. The number of rotatable bonds is 6. The second kappa shape index (κ2) is 30.6. The highest BCUT2D eigenvalue weighted by Gasteiger charge is 1.97. The van der Waals surface area contributed by atoms with E-state index in [0.717, 1.165) is 19.3 Å². The number of hydrogen-bond acceptors (Lipinski definition) is 1. The van der Waals surface area contributed by atoms with E-state index in [0.29, 0.717) is 6.61 Å². The van der Waals surface area contributed by atoms with Gasteiger partial charge in [-0.25, -0.2) is 0 Å². The zero-order valence-electron chi connectivity index (χ0n) is 27.5. The van der Waals surface area contributed by atoms with E-state index in [2.05, 4.69) is 115 Å². The van der Waals surface area contributed by atoms with Gasteiger partial charge in [-0.2, -0.15) is 0 Å². The summed E-state index contributed by atoms with van der Waals surface area (Å²) in [4.78, 5) is 0. The highest BCUT2D eigenvalue weighted by molar-refractivity contribution is 5.66. The van der Waals surface area contributed by atoms with Crippen molar-refractivity contribution in [3.05, 3.63) is 113 Å². The second-order valence-electron chi connectivity index (χ2n) is 9.00. The molecule has 0 radical (unpaired) electrons. The average Bonchev–Trinajstić information content (AvgIpc) is 2.90. The quantitative estimate of drug-likeness (QED) is 0.295. The van der Waals surface area contributed by atoms with Gasteiger partial charge in [0.2, 0.25) is 0 Å². The number of benzene rings is 2. The lowest BCUT2D eigenvalue weighted by atomic mass is 10.0. The molecule has 0 saturated heterocycles. The van der Waals surface area contributed by atoms with Gasteiger partial charge in [0.05, 0.1) is 0 Å². The van der Waals surface area contributed by atoms with Crippen LogP contribution in [-0.2, 0) is 0 Å². The van der Waals surface area contributed by atoms with Crippen LogP contribution in [0.2, 0.25) is 0 Å². The first-order chi connectivity index (χ1) is 18.0. The zero-order valence-corrected chi connectivity index (χ0v) is 27.5. The van der Waals surface area contributed by atoms with Gasteiger partial charge in [-0.05, 0) is 83.6 Å². The average molecular weight is 523 g/mol. The fourth-order valence-corrected chi connectivity index (χ4v) is 2.45. The fourth-order valence-electron chi connectivity index (χ4n) is 2.45. The molecule has 0 fully saturated rings. The first-order valence-electron chi connectivity index (χ1n) is 14.3. The molecule has 0 atom stereocenters. The van der Waals surface area contributed by atoms with Crippen molar-refractivity contribution in [1.29, 1.82) is 0 Å². The van der Waals surface area contributed by atoms with Crippen LogP contribution in [0, 0.1) is 27.7 Å². The van der Waals surface area contributed by atoms with Gasteiger partial charge in [0.25, 0.3) is 0 Å². The molecule has 0 aliphatic rings. The van der Waals surface area contributed by atoms with E-state index < -0.39 is 0 Å². The third kappa shape index (κ3) is 29.6. The van der Waals surface area contributed by atoms with Crippen molar-refractivity contribution < 1.29 is 5.11 Å². The Morgan fingerprint density at radius 1 is 0.737 bits per heavy atom. The maximum Gasteiger partial charge on any atom is 0.0428 e. The van der Waals surface area contributed by atoms with E-state index >= 15 is 0 Å². The summed E-state index contributed by atoms with van der Waals surface area (Å²) in [5, 5.41) is 7.88. The molecule has 0 amide bonds. The van der Waals surface area contributed by atoms with Crippen LogP contribution in [0.4, 0.5) is 0 Å². The predicted octanol–water partition coefficient (Wildman–Crippen LogP) is 11.9. The van der Waals surface area contributed by atoms with Crippen molar-refractivity contribution in [2.75, 3.05) is 6.61 Å². The van der Waals surface area contributed by atoms with Crippen molar-refractivity contribution in [1.82, 2.24) is 0 Å². The van der Waals surface area contributed by atoms with Gasteiger partial charge in [-0.15, -0.1) is 6.58 Å². The molecule has 0 heterocycles. The maximum absolute atomic E-state index is 7.88. The molecule has 0 unspecified atom stereocenters. The van der Waals surface area contributed by atoms with E-state index in [1.165, 1.54) is 44.5 Å². The van der Waals surface area contributed by atoms with Gasteiger partial charge in [-0.3, -0.25) is 0 Å². The van der Waals surface area contributed by atoms with Gasteiger partial charge >= 0.3 is 0 Å². The molecule has 1 nitrogen and oxygen atoms in total. The molecular formula is C37H62O. The first-order valence-corrected chi connectivity index (χ1v) is 14.3. The van der Waals surface area contributed by atoms with E-state index in [1.807, 2.05) is 48.5 Å². The lowest BCUT2D eigenvalue weighted by Gasteiger charge is -2.05. The molecule has 0 saturated carbocycles. The van der Waals surface area contributed by atoms with Crippen LogP contribution in [0.1, 0.15) is 109 Å². The summed E-state index contributed by atoms with van der Waals surface area (Å²) in [7, 11) is 0. The van der Waals surface area contributed by atoms with Crippen LogP contribution in [0.5, 0.6) is 0 Å². The molecule has 1 heteroatoms. The maximum atomic E-state index is 7.88. The summed E-state index contributed by atoms with van der Waals surface area (Å²) in [5.41, 5.74) is 10.3. The molecule has 38 heavy (non-hydrogen) atoms. The fraction of sp³-hybridized carbons (Fsp3) is 0.459. The smallest absolute Gasteiger partial charge is 0.0428 e. The summed E-state index contributed by atoms with van der Waals surface area (Å²) >= 11 is 0. The predicted molar refractivity (Wildman–Crippen MR) is 179 cm³/mol. The molecule has 216 valence electrons. The molecule has 0 aromatic heterocycles. The van der Waals surface area contributed by atoms with Crippen LogP contribution < -0.4 is 0 Å². The highest BCUT2D eigenvalue weighted by Crippen LogP contribution is 2.18. The van der Waals surface area contributed by atoms with E-state index in [-0.39, 0.29) is 0 Å². The van der Waals surface area contributed by atoms with Gasteiger partial charge < -0.3 is 5.11 Å². The summed E-state index contributed by atoms with van der Waals surface area (Å²) in [6.07, 6.45) is 9.47. The van der Waals surface area contributed by atoms with Gasteiger partial charge in [0.15, 0.2) is 0 Å². The Kier molecular flexibility index (Phi) is 34.2. The monoisotopic (exact) mass is 522 g/mol. The Bertz CT molecular complexity index is 852. The number of aryl methyl sites for hydroxylation is 4. The van der Waals surface area contributed by atoms with E-state index in [4.69, 9.17) is 5.11 Å². The van der Waals surface area contributed by atoms with Gasteiger partial charge in [-0.1, -0.05) is 138 Å². The summed E-state index contributed by atoms with van der Waals surface area (Å²) in [6.45, 7) is 34.6. The van der Waals surface area contributed by atoms with Crippen molar-refractivity contribution in [2.24, 2.45) is 0 Å². The normalized spacial score (nSPS) is 9.47. The summed E-state index contributed by atoms with van der Waals surface area (Å²) in [5.74, 6) is 0. The standard InChI is InChI=1S/C18H24.C8H10.C4H8.C3H8O.2C2H6/c1-6-8-14(2)9-7-10-16(4)18-12-11-15(3)17(5)13-18;1-7-3-5-8(2)6-4-7;1-4(2)3;1-2-3-4;2*1-2/h7,9-13H,2,6,8H2,1,3-5H3;3-6H,1-2H3;1H2,2-3H3;4H,2-3H2,1H3;2*1-2H3/b9-7-,16-10+;;;;;. The Balaban J connectivity index is -0.000000238. The summed E-state index contributed by atoms with van der Waals surface area (Å²) < 4.78 is 0. The molecule has 0 spiro atoms. The molecular weight excluding hydrogens is 460 g/mol. The zero-order chi connectivity index (χ0) is 30.5. The molecule has 2 aromatic carbocycles. The van der Waals surface area contributed by atoms with Crippen molar-refractivity contribution in [2.45, 2.75) is 109 Å². The number of allylic oxidation sites excluding steroid dienone is 6. The van der Waals surface area contributed by atoms with Crippen LogP contribution in [0.25, 0.3) is 5.57 Å². The molecule has 0 bridgehead atoms. The Morgan fingerprint density at radius 2 is 1.16 bits per heavy atom. The van der Waals surface area contributed by atoms with Crippen LogP contribution in [0.15, 0.2) is 85.0 Å². The van der Waals surface area contributed by atoms with Crippen molar-refractivity contribution in [3.8, 4) is 0 Å². The van der Waals surface area contributed by atoms with E-state index in [9.17, 15) is 0 Å². The number of hydrogen-bond donors (Lipinski definition) is 1. The SMILES string of the molecule is C=C(/C=C\C=C(/C)c1ccc(C)c(C)c1)CCC.C=C(C)C.CC.CC.CCCO.Cc1ccc(C)cc1. The van der Waals surface area contributed by atoms with Crippen LogP contribution in [-0.4, -0.2) is 11.7 Å². The Hall–Kier alpha value is -2.64. The summed E-state index contributed by atoms with van der Waals surface area (Å²) in [6, 6.07) is 15.1. The molecule has 1 N–H and O–H groups in total. The number of aliphatic hydroxyl groups excluding tert-OH is 1. The minimum atomic E-state index is 0.319. The molecule has 0 aliphatic carbocycles. The largest absolute Gasteiger partial charge is 0.396 e. The highest BCUT2D eigenvalue weighted by atomic mass is 16.2. The number of aliphatic hydroxyl groups is 1.